The van der Waals surface area contributed by atoms with Crippen LogP contribution in [0.2, 0.25) is 0 Å². The molecule has 2 aliphatic rings. The van der Waals surface area contributed by atoms with Crippen LogP contribution < -0.4 is 5.32 Å². The van der Waals surface area contributed by atoms with Crippen molar-refractivity contribution in [1.29, 1.82) is 0 Å². The third-order valence-corrected chi connectivity index (χ3v) is 6.47. The number of anilines is 1. The lowest BCUT2D eigenvalue weighted by molar-refractivity contribution is 0.0354. The van der Waals surface area contributed by atoms with E-state index in [9.17, 15) is 17.6 Å². The second-order valence-corrected chi connectivity index (χ2v) is 9.06. The Kier molecular flexibility index (Phi) is 6.86. The standard InChI is InChI=1S/C18H27FN4O4S/c1-28(25,26)23(9-8-21-10-12-27-13-11-21)15-6-7-22(14-15)18(24)20-17-5-3-2-4-16(17)19/h2-5,15H,6-14H2,1H3,(H,20,24). The lowest BCUT2D eigenvalue weighted by atomic mass is 10.2. The van der Waals surface area contributed by atoms with Crippen LogP contribution in [0.1, 0.15) is 6.42 Å². The second kappa shape index (κ2) is 9.17. The van der Waals surface area contributed by atoms with E-state index in [2.05, 4.69) is 10.2 Å². The molecule has 156 valence electrons. The monoisotopic (exact) mass is 414 g/mol. The molecule has 1 aromatic carbocycles. The largest absolute Gasteiger partial charge is 0.379 e. The zero-order valence-corrected chi connectivity index (χ0v) is 16.8. The normalized spacial score (nSPS) is 21.2. The molecule has 2 saturated heterocycles. The fourth-order valence-electron chi connectivity index (χ4n) is 3.60. The van der Waals surface area contributed by atoms with Crippen LogP contribution in [-0.4, -0.2) is 93.3 Å². The maximum absolute atomic E-state index is 13.7. The maximum Gasteiger partial charge on any atom is 0.321 e. The first-order valence-electron chi connectivity index (χ1n) is 9.42. The molecule has 0 radical (unpaired) electrons. The van der Waals surface area contributed by atoms with E-state index in [1.807, 2.05) is 0 Å². The van der Waals surface area contributed by atoms with Gasteiger partial charge in [0.2, 0.25) is 10.0 Å². The Morgan fingerprint density at radius 1 is 1.29 bits per heavy atom. The summed E-state index contributed by atoms with van der Waals surface area (Å²) in [6.45, 7) is 4.63. The summed E-state index contributed by atoms with van der Waals surface area (Å²) in [7, 11) is -3.41. The number of nitrogens with zero attached hydrogens (tertiary/aromatic N) is 3. The number of para-hydroxylation sites is 1. The van der Waals surface area contributed by atoms with Gasteiger partial charge in [0.15, 0.2) is 0 Å². The highest BCUT2D eigenvalue weighted by molar-refractivity contribution is 7.88. The SMILES string of the molecule is CS(=O)(=O)N(CCN1CCOCC1)C1CCN(C(=O)Nc2ccccc2F)C1. The Labute approximate surface area is 165 Å². The molecule has 0 bridgehead atoms. The first-order valence-corrected chi connectivity index (χ1v) is 11.3. The number of sulfonamides is 1. The molecular weight excluding hydrogens is 387 g/mol. The van der Waals surface area contributed by atoms with Gasteiger partial charge in [-0.1, -0.05) is 12.1 Å². The number of ether oxygens (including phenoxy) is 1. The smallest absolute Gasteiger partial charge is 0.321 e. The van der Waals surface area contributed by atoms with Crippen molar-refractivity contribution in [2.75, 3.05) is 64.1 Å². The molecule has 2 heterocycles. The van der Waals surface area contributed by atoms with Gasteiger partial charge in [0.1, 0.15) is 5.82 Å². The fourth-order valence-corrected chi connectivity index (χ4v) is 4.73. The van der Waals surface area contributed by atoms with Crippen LogP contribution >= 0.6 is 0 Å². The molecule has 3 rings (SSSR count). The summed E-state index contributed by atoms with van der Waals surface area (Å²) >= 11 is 0. The molecule has 0 saturated carbocycles. The summed E-state index contributed by atoms with van der Waals surface area (Å²) in [5.41, 5.74) is 0.114. The molecule has 1 unspecified atom stereocenters. The molecule has 1 aromatic rings. The lowest BCUT2D eigenvalue weighted by Crippen LogP contribution is -2.47. The summed E-state index contributed by atoms with van der Waals surface area (Å²) in [5, 5.41) is 2.56. The average Bonchev–Trinajstić information content (AvgIpc) is 3.13. The van der Waals surface area contributed by atoms with Gasteiger partial charge in [0, 0.05) is 45.3 Å². The van der Waals surface area contributed by atoms with E-state index in [4.69, 9.17) is 4.74 Å². The number of morpholine rings is 1. The topological polar surface area (TPSA) is 82.2 Å². The van der Waals surface area contributed by atoms with E-state index in [1.165, 1.54) is 27.6 Å². The molecule has 0 spiro atoms. The highest BCUT2D eigenvalue weighted by Crippen LogP contribution is 2.20. The van der Waals surface area contributed by atoms with Gasteiger partial charge < -0.3 is 15.0 Å². The number of carbonyl (C=O) groups excluding carboxylic acids is 1. The highest BCUT2D eigenvalue weighted by Gasteiger charge is 2.35. The predicted molar refractivity (Wildman–Crippen MR) is 104 cm³/mol. The van der Waals surface area contributed by atoms with Crippen molar-refractivity contribution in [3.05, 3.63) is 30.1 Å². The maximum atomic E-state index is 13.7. The van der Waals surface area contributed by atoms with E-state index < -0.39 is 21.9 Å². The number of likely N-dealkylation sites (tertiary alicyclic amines) is 1. The first-order chi connectivity index (χ1) is 13.3. The summed E-state index contributed by atoms with van der Waals surface area (Å²) in [6.07, 6.45) is 1.76. The number of urea groups is 1. The number of nitrogens with one attached hydrogen (secondary N) is 1. The number of amides is 2. The van der Waals surface area contributed by atoms with E-state index >= 15 is 0 Å². The van der Waals surface area contributed by atoms with Crippen LogP contribution in [0.5, 0.6) is 0 Å². The Morgan fingerprint density at radius 3 is 2.68 bits per heavy atom. The minimum atomic E-state index is -3.41. The van der Waals surface area contributed by atoms with Crippen LogP contribution in [0.3, 0.4) is 0 Å². The van der Waals surface area contributed by atoms with Crippen LogP contribution in [0.4, 0.5) is 14.9 Å². The molecule has 2 fully saturated rings. The number of carbonyl (C=O) groups is 1. The van der Waals surface area contributed by atoms with Gasteiger partial charge in [-0.15, -0.1) is 0 Å². The van der Waals surface area contributed by atoms with Crippen molar-refractivity contribution in [3.63, 3.8) is 0 Å². The van der Waals surface area contributed by atoms with Gasteiger partial charge in [0.25, 0.3) is 0 Å². The summed E-state index contributed by atoms with van der Waals surface area (Å²) in [4.78, 5) is 16.2. The quantitative estimate of drug-likeness (QED) is 0.752. The van der Waals surface area contributed by atoms with Crippen LogP contribution in [0, 0.1) is 5.82 Å². The molecule has 8 nitrogen and oxygen atoms in total. The van der Waals surface area contributed by atoms with Crippen LogP contribution in [0.25, 0.3) is 0 Å². The Hall–Kier alpha value is -1.75. The predicted octanol–water partition coefficient (Wildman–Crippen LogP) is 1.03. The Bertz CT molecular complexity index is 786. The molecular formula is C18H27FN4O4S. The number of hydrogen-bond donors (Lipinski definition) is 1. The van der Waals surface area contributed by atoms with Crippen molar-refractivity contribution in [1.82, 2.24) is 14.1 Å². The molecule has 2 amide bonds. The highest BCUT2D eigenvalue weighted by atomic mass is 32.2. The van der Waals surface area contributed by atoms with E-state index in [0.29, 0.717) is 39.3 Å². The minimum Gasteiger partial charge on any atom is -0.379 e. The zero-order valence-electron chi connectivity index (χ0n) is 16.0. The van der Waals surface area contributed by atoms with Gasteiger partial charge in [-0.3, -0.25) is 4.90 Å². The molecule has 1 atom stereocenters. The van der Waals surface area contributed by atoms with Gasteiger partial charge in [0.05, 0.1) is 25.2 Å². The van der Waals surface area contributed by atoms with Crippen molar-refractivity contribution in [2.24, 2.45) is 0 Å². The third kappa shape index (κ3) is 5.40. The van der Waals surface area contributed by atoms with Gasteiger partial charge >= 0.3 is 6.03 Å². The minimum absolute atomic E-state index is 0.114. The van der Waals surface area contributed by atoms with E-state index in [1.54, 1.807) is 12.1 Å². The lowest BCUT2D eigenvalue weighted by Gasteiger charge is -2.31. The van der Waals surface area contributed by atoms with Gasteiger partial charge in [-0.05, 0) is 18.6 Å². The number of rotatable bonds is 6. The number of benzene rings is 1. The molecule has 1 N–H and O–H groups in total. The second-order valence-electron chi connectivity index (χ2n) is 7.13. The molecule has 0 aliphatic carbocycles. The Morgan fingerprint density at radius 2 is 2.00 bits per heavy atom. The van der Waals surface area contributed by atoms with Crippen molar-refractivity contribution >= 4 is 21.7 Å². The molecule has 28 heavy (non-hydrogen) atoms. The summed E-state index contributed by atoms with van der Waals surface area (Å²) in [6, 6.07) is 5.26. The Balaban J connectivity index is 1.58. The van der Waals surface area contributed by atoms with Crippen molar-refractivity contribution < 1.29 is 22.3 Å². The van der Waals surface area contributed by atoms with Crippen molar-refractivity contribution in [3.8, 4) is 0 Å². The molecule has 10 heteroatoms. The van der Waals surface area contributed by atoms with E-state index in [-0.39, 0.29) is 18.3 Å². The van der Waals surface area contributed by atoms with Gasteiger partial charge in [-0.25, -0.2) is 17.6 Å². The van der Waals surface area contributed by atoms with E-state index in [0.717, 1.165) is 13.1 Å². The molecule has 0 aromatic heterocycles. The first kappa shape index (κ1) is 21.0. The molecule has 2 aliphatic heterocycles. The van der Waals surface area contributed by atoms with Gasteiger partial charge in [-0.2, -0.15) is 4.31 Å². The number of hydrogen-bond acceptors (Lipinski definition) is 5. The van der Waals surface area contributed by atoms with Crippen LogP contribution in [0.15, 0.2) is 24.3 Å². The van der Waals surface area contributed by atoms with Crippen molar-refractivity contribution in [2.45, 2.75) is 12.5 Å². The zero-order chi connectivity index (χ0) is 20.1. The number of halogens is 1. The summed E-state index contributed by atoms with van der Waals surface area (Å²) < 4.78 is 45.2. The summed E-state index contributed by atoms with van der Waals surface area (Å²) in [5.74, 6) is -0.505. The third-order valence-electron chi connectivity index (χ3n) is 5.14. The fraction of sp³-hybridized carbons (Fsp3) is 0.611. The van der Waals surface area contributed by atoms with Crippen LogP contribution in [-0.2, 0) is 14.8 Å². The average molecular weight is 415 g/mol.